The number of hydrogen-bond donors (Lipinski definition) is 1. The number of likely N-dealkylation sites (tertiary alicyclic amines) is 1. The van der Waals surface area contributed by atoms with E-state index in [4.69, 9.17) is 5.11 Å². The molecule has 1 atom stereocenters. The Labute approximate surface area is 107 Å². The summed E-state index contributed by atoms with van der Waals surface area (Å²) in [5.41, 5.74) is 2.89. The lowest BCUT2D eigenvalue weighted by atomic mass is 9.96. The van der Waals surface area contributed by atoms with Crippen molar-refractivity contribution in [3.8, 4) is 0 Å². The fraction of sp³-hybridized carbons (Fsp3) is 0.533. The van der Waals surface area contributed by atoms with E-state index in [1.54, 1.807) is 0 Å². The van der Waals surface area contributed by atoms with Gasteiger partial charge < -0.3 is 5.11 Å². The van der Waals surface area contributed by atoms with Gasteiger partial charge in [0.05, 0.1) is 5.92 Å². The molecule has 1 aliphatic heterocycles. The minimum atomic E-state index is -0.629. The molecular formula is C15H19NO2. The van der Waals surface area contributed by atoms with Crippen LogP contribution in [0.15, 0.2) is 24.3 Å². The first kappa shape index (κ1) is 11.7. The van der Waals surface area contributed by atoms with Crippen LogP contribution in [0.2, 0.25) is 0 Å². The number of piperidine rings is 1. The van der Waals surface area contributed by atoms with Crippen LogP contribution in [0.5, 0.6) is 0 Å². The van der Waals surface area contributed by atoms with E-state index < -0.39 is 5.97 Å². The topological polar surface area (TPSA) is 40.5 Å². The van der Waals surface area contributed by atoms with Crippen molar-refractivity contribution in [1.29, 1.82) is 0 Å². The summed E-state index contributed by atoms with van der Waals surface area (Å²) in [6.07, 6.45) is 4.03. The summed E-state index contributed by atoms with van der Waals surface area (Å²) >= 11 is 0. The highest BCUT2D eigenvalue weighted by Gasteiger charge is 2.32. The summed E-state index contributed by atoms with van der Waals surface area (Å²) in [7, 11) is 0. The van der Waals surface area contributed by atoms with E-state index in [2.05, 4.69) is 29.2 Å². The molecule has 3 rings (SSSR count). The number of benzene rings is 1. The molecule has 1 aromatic rings. The van der Waals surface area contributed by atoms with E-state index in [1.807, 2.05) is 0 Å². The highest BCUT2D eigenvalue weighted by Crippen LogP contribution is 2.28. The minimum absolute atomic E-state index is 0.164. The first-order valence-electron chi connectivity index (χ1n) is 6.77. The van der Waals surface area contributed by atoms with Crippen molar-refractivity contribution >= 4 is 5.97 Å². The predicted octanol–water partition coefficient (Wildman–Crippen LogP) is 1.95. The average molecular weight is 245 g/mol. The van der Waals surface area contributed by atoms with E-state index in [-0.39, 0.29) is 5.92 Å². The van der Waals surface area contributed by atoms with E-state index in [1.165, 1.54) is 11.1 Å². The summed E-state index contributed by atoms with van der Waals surface area (Å²) in [4.78, 5) is 13.5. The Morgan fingerprint density at radius 3 is 2.50 bits per heavy atom. The highest BCUT2D eigenvalue weighted by molar-refractivity contribution is 5.70. The van der Waals surface area contributed by atoms with Crippen LogP contribution in [0, 0.1) is 5.92 Å². The fourth-order valence-corrected chi connectivity index (χ4v) is 3.33. The maximum absolute atomic E-state index is 11.1. The zero-order valence-corrected chi connectivity index (χ0v) is 10.5. The molecule has 1 fully saturated rings. The van der Waals surface area contributed by atoms with E-state index in [0.717, 1.165) is 38.8 Å². The SMILES string of the molecule is O=C(O)C1CCCN(C2Cc3ccccc3C2)C1. The molecule has 0 amide bonds. The average Bonchev–Trinajstić information content (AvgIpc) is 2.82. The quantitative estimate of drug-likeness (QED) is 0.865. The van der Waals surface area contributed by atoms with Gasteiger partial charge in [0.25, 0.3) is 0 Å². The van der Waals surface area contributed by atoms with Crippen molar-refractivity contribution in [2.24, 2.45) is 5.92 Å². The fourth-order valence-electron chi connectivity index (χ4n) is 3.33. The lowest BCUT2D eigenvalue weighted by molar-refractivity contribution is -0.143. The molecule has 0 spiro atoms. The molecule has 3 heteroatoms. The lowest BCUT2D eigenvalue weighted by Gasteiger charge is -2.35. The number of fused-ring (bicyclic) bond motifs is 1. The standard InChI is InChI=1S/C15H19NO2/c17-15(18)13-6-3-7-16(10-13)14-8-11-4-1-2-5-12(11)9-14/h1-2,4-5,13-14H,3,6-10H2,(H,17,18). The highest BCUT2D eigenvalue weighted by atomic mass is 16.4. The Balaban J connectivity index is 1.69. The third kappa shape index (κ3) is 2.15. The summed E-state index contributed by atoms with van der Waals surface area (Å²) < 4.78 is 0. The largest absolute Gasteiger partial charge is 0.481 e. The van der Waals surface area contributed by atoms with Gasteiger partial charge >= 0.3 is 5.97 Å². The van der Waals surface area contributed by atoms with Crippen molar-refractivity contribution in [2.45, 2.75) is 31.7 Å². The monoisotopic (exact) mass is 245 g/mol. The normalized spacial score (nSPS) is 25.0. The number of carboxylic acid groups (broad SMARTS) is 1. The maximum atomic E-state index is 11.1. The van der Waals surface area contributed by atoms with Gasteiger partial charge in [0, 0.05) is 12.6 Å². The Bertz CT molecular complexity index is 433. The van der Waals surface area contributed by atoms with Crippen molar-refractivity contribution < 1.29 is 9.90 Å². The molecule has 1 saturated heterocycles. The molecule has 2 aliphatic rings. The molecule has 0 bridgehead atoms. The van der Waals surface area contributed by atoms with Crippen LogP contribution in [0.1, 0.15) is 24.0 Å². The van der Waals surface area contributed by atoms with Gasteiger partial charge in [-0.1, -0.05) is 24.3 Å². The minimum Gasteiger partial charge on any atom is -0.481 e. The van der Waals surface area contributed by atoms with Gasteiger partial charge in [0.2, 0.25) is 0 Å². The number of carbonyl (C=O) groups is 1. The second kappa shape index (κ2) is 4.73. The predicted molar refractivity (Wildman–Crippen MR) is 69.6 cm³/mol. The van der Waals surface area contributed by atoms with E-state index in [0.29, 0.717) is 6.04 Å². The molecule has 1 aromatic carbocycles. The van der Waals surface area contributed by atoms with Gasteiger partial charge in [0.1, 0.15) is 0 Å². The zero-order chi connectivity index (χ0) is 12.5. The van der Waals surface area contributed by atoms with E-state index >= 15 is 0 Å². The van der Waals surface area contributed by atoms with Crippen LogP contribution in [0.25, 0.3) is 0 Å². The lowest BCUT2D eigenvalue weighted by Crippen LogP contribution is -2.45. The summed E-state index contributed by atoms with van der Waals surface area (Å²) in [5.74, 6) is -0.794. The van der Waals surface area contributed by atoms with Crippen molar-refractivity contribution in [3.63, 3.8) is 0 Å². The Kier molecular flexibility index (Phi) is 3.08. The number of hydrogen-bond acceptors (Lipinski definition) is 2. The van der Waals surface area contributed by atoms with Crippen LogP contribution < -0.4 is 0 Å². The third-order valence-electron chi connectivity index (χ3n) is 4.35. The molecule has 0 radical (unpaired) electrons. The third-order valence-corrected chi connectivity index (χ3v) is 4.35. The van der Waals surface area contributed by atoms with Gasteiger partial charge in [-0.25, -0.2) is 0 Å². The van der Waals surface area contributed by atoms with Crippen LogP contribution in [-0.2, 0) is 17.6 Å². The number of nitrogens with zero attached hydrogens (tertiary/aromatic N) is 1. The second-order valence-corrected chi connectivity index (χ2v) is 5.50. The van der Waals surface area contributed by atoms with Crippen LogP contribution in [-0.4, -0.2) is 35.1 Å². The van der Waals surface area contributed by atoms with Crippen LogP contribution in [0.4, 0.5) is 0 Å². The van der Waals surface area contributed by atoms with Crippen LogP contribution >= 0.6 is 0 Å². The Morgan fingerprint density at radius 2 is 1.89 bits per heavy atom. The molecule has 18 heavy (non-hydrogen) atoms. The molecule has 96 valence electrons. The second-order valence-electron chi connectivity index (χ2n) is 5.50. The van der Waals surface area contributed by atoms with Gasteiger partial charge in [-0.15, -0.1) is 0 Å². The zero-order valence-electron chi connectivity index (χ0n) is 10.5. The van der Waals surface area contributed by atoms with Gasteiger partial charge in [-0.05, 0) is 43.4 Å². The van der Waals surface area contributed by atoms with Gasteiger partial charge in [-0.3, -0.25) is 9.69 Å². The molecule has 1 aliphatic carbocycles. The van der Waals surface area contributed by atoms with Crippen molar-refractivity contribution in [3.05, 3.63) is 35.4 Å². The molecule has 1 unspecified atom stereocenters. The van der Waals surface area contributed by atoms with Crippen LogP contribution in [0.3, 0.4) is 0 Å². The summed E-state index contributed by atoms with van der Waals surface area (Å²) in [5, 5.41) is 9.15. The number of aliphatic carboxylic acids is 1. The molecule has 3 nitrogen and oxygen atoms in total. The Hall–Kier alpha value is -1.35. The summed E-state index contributed by atoms with van der Waals surface area (Å²) in [6.45, 7) is 1.79. The first-order valence-corrected chi connectivity index (χ1v) is 6.77. The van der Waals surface area contributed by atoms with Gasteiger partial charge in [0.15, 0.2) is 0 Å². The molecule has 1 N–H and O–H groups in total. The Morgan fingerprint density at radius 1 is 1.22 bits per heavy atom. The number of rotatable bonds is 2. The van der Waals surface area contributed by atoms with E-state index in [9.17, 15) is 4.79 Å². The molecule has 0 aromatic heterocycles. The number of carboxylic acids is 1. The summed E-state index contributed by atoms with van der Waals surface area (Å²) in [6, 6.07) is 9.11. The van der Waals surface area contributed by atoms with Crippen molar-refractivity contribution in [2.75, 3.05) is 13.1 Å². The maximum Gasteiger partial charge on any atom is 0.307 e. The smallest absolute Gasteiger partial charge is 0.307 e. The van der Waals surface area contributed by atoms with Gasteiger partial charge in [-0.2, -0.15) is 0 Å². The molecular weight excluding hydrogens is 226 g/mol. The molecule has 0 saturated carbocycles. The molecule has 1 heterocycles. The first-order chi connectivity index (χ1) is 8.74. The van der Waals surface area contributed by atoms with Crippen molar-refractivity contribution in [1.82, 2.24) is 4.90 Å².